The molecular formula is C29H33N3O5S. The van der Waals surface area contributed by atoms with Crippen molar-refractivity contribution in [2.24, 2.45) is 5.73 Å². The van der Waals surface area contributed by atoms with E-state index in [9.17, 15) is 4.79 Å². The molecule has 0 aromatic heterocycles. The van der Waals surface area contributed by atoms with Crippen LogP contribution in [0, 0.1) is 0 Å². The zero-order valence-corrected chi connectivity index (χ0v) is 22.3. The normalized spacial score (nSPS) is 16.0. The van der Waals surface area contributed by atoms with Gasteiger partial charge in [-0.25, -0.2) is 0 Å². The monoisotopic (exact) mass is 535 g/mol. The first-order chi connectivity index (χ1) is 18.6. The third-order valence-corrected chi connectivity index (χ3v) is 7.87. The fourth-order valence-electron chi connectivity index (χ4n) is 4.51. The Bertz CT molecular complexity index is 1240. The fourth-order valence-corrected chi connectivity index (χ4v) is 5.80. The fraction of sp³-hybridized carbons (Fsp3) is 0.345. The number of amides is 1. The molecule has 1 amide bonds. The molecule has 8 nitrogen and oxygen atoms in total. The summed E-state index contributed by atoms with van der Waals surface area (Å²) in [6.45, 7) is 4.41. The first kappa shape index (κ1) is 26.2. The molecule has 0 fully saturated rings. The van der Waals surface area contributed by atoms with Gasteiger partial charge >= 0.3 is 0 Å². The second-order valence-corrected chi connectivity index (χ2v) is 10.3. The minimum absolute atomic E-state index is 0.0878. The van der Waals surface area contributed by atoms with E-state index in [1.165, 1.54) is 0 Å². The highest BCUT2D eigenvalue weighted by molar-refractivity contribution is 8.00. The second-order valence-electron chi connectivity index (χ2n) is 9.13. The second kappa shape index (κ2) is 12.4. The molecule has 1 unspecified atom stereocenters. The van der Waals surface area contributed by atoms with Gasteiger partial charge in [-0.1, -0.05) is 24.3 Å². The minimum Gasteiger partial charge on any atom is -0.494 e. The average molecular weight is 536 g/mol. The number of fused-ring (bicyclic) bond motifs is 2. The van der Waals surface area contributed by atoms with Gasteiger partial charge in [0.1, 0.15) is 23.4 Å². The Morgan fingerprint density at radius 3 is 2.55 bits per heavy atom. The number of carbonyl (C=O) groups excluding carboxylic acids is 1. The van der Waals surface area contributed by atoms with Crippen LogP contribution >= 0.6 is 11.8 Å². The number of rotatable bonds is 12. The van der Waals surface area contributed by atoms with Gasteiger partial charge < -0.3 is 29.6 Å². The summed E-state index contributed by atoms with van der Waals surface area (Å²) in [5, 5.41) is -0.256. The Balaban J connectivity index is 1.06. The Morgan fingerprint density at radius 1 is 0.947 bits per heavy atom. The van der Waals surface area contributed by atoms with Crippen molar-refractivity contribution in [1.82, 2.24) is 4.90 Å². The van der Waals surface area contributed by atoms with E-state index in [1.54, 1.807) is 16.7 Å². The Kier molecular flexibility index (Phi) is 8.58. The number of hydrogen-bond acceptors (Lipinski definition) is 8. The van der Waals surface area contributed by atoms with Crippen LogP contribution in [0.4, 0.5) is 5.69 Å². The Hall–Kier alpha value is -3.40. The molecule has 0 bridgehead atoms. The van der Waals surface area contributed by atoms with Gasteiger partial charge in [-0.05, 0) is 48.4 Å². The lowest BCUT2D eigenvalue weighted by Crippen LogP contribution is -2.34. The molecular weight excluding hydrogens is 502 g/mol. The van der Waals surface area contributed by atoms with Crippen LogP contribution in [-0.4, -0.2) is 64.0 Å². The zero-order chi connectivity index (χ0) is 26.3. The molecule has 2 aliphatic rings. The largest absolute Gasteiger partial charge is 0.494 e. The maximum atomic E-state index is 12.9. The summed E-state index contributed by atoms with van der Waals surface area (Å²) in [6, 6.07) is 21.5. The van der Waals surface area contributed by atoms with Gasteiger partial charge in [0.2, 0.25) is 12.7 Å². The summed E-state index contributed by atoms with van der Waals surface area (Å²) in [5.41, 5.74) is 7.75. The predicted octanol–water partition coefficient (Wildman–Crippen LogP) is 4.33. The SMILES string of the molecule is CN1C(=O)C(c2ccc(OCCCN(CCN)CCOc3ccc4c(c3)OCO4)cc2)Sc2ccccc21. The van der Waals surface area contributed by atoms with Gasteiger partial charge in [0.15, 0.2) is 11.5 Å². The molecule has 9 heteroatoms. The molecule has 0 saturated heterocycles. The highest BCUT2D eigenvalue weighted by atomic mass is 32.2. The number of ether oxygens (including phenoxy) is 4. The smallest absolute Gasteiger partial charge is 0.244 e. The number of likely N-dealkylation sites (N-methyl/N-ethyl adjacent to an activating group) is 1. The van der Waals surface area contributed by atoms with E-state index < -0.39 is 0 Å². The zero-order valence-electron chi connectivity index (χ0n) is 21.5. The van der Waals surface area contributed by atoms with Gasteiger partial charge in [-0.3, -0.25) is 9.69 Å². The lowest BCUT2D eigenvalue weighted by Gasteiger charge is -2.31. The van der Waals surface area contributed by atoms with Gasteiger partial charge in [-0.15, -0.1) is 11.8 Å². The van der Waals surface area contributed by atoms with Crippen LogP contribution in [0.3, 0.4) is 0 Å². The summed E-state index contributed by atoms with van der Waals surface area (Å²) < 4.78 is 22.6. The minimum atomic E-state index is -0.256. The van der Waals surface area contributed by atoms with E-state index in [2.05, 4.69) is 11.0 Å². The van der Waals surface area contributed by atoms with Crippen molar-refractivity contribution >= 4 is 23.4 Å². The van der Waals surface area contributed by atoms with Gasteiger partial charge in [0, 0.05) is 44.2 Å². The van der Waals surface area contributed by atoms with Crippen LogP contribution in [-0.2, 0) is 4.79 Å². The molecule has 2 N–H and O–H groups in total. The molecule has 5 rings (SSSR count). The van der Waals surface area contributed by atoms with Crippen molar-refractivity contribution in [3.63, 3.8) is 0 Å². The molecule has 2 aliphatic heterocycles. The van der Waals surface area contributed by atoms with Crippen LogP contribution in [0.25, 0.3) is 0 Å². The molecule has 0 aliphatic carbocycles. The van der Waals surface area contributed by atoms with Gasteiger partial charge in [0.25, 0.3) is 0 Å². The molecule has 1 atom stereocenters. The van der Waals surface area contributed by atoms with E-state index in [0.29, 0.717) is 25.5 Å². The quantitative estimate of drug-likeness (QED) is 0.343. The first-order valence-electron chi connectivity index (χ1n) is 12.8. The summed E-state index contributed by atoms with van der Waals surface area (Å²) in [4.78, 5) is 18.1. The van der Waals surface area contributed by atoms with E-state index in [4.69, 9.17) is 24.7 Å². The summed E-state index contributed by atoms with van der Waals surface area (Å²) in [6.07, 6.45) is 0.865. The molecule has 2 heterocycles. The van der Waals surface area contributed by atoms with Crippen molar-refractivity contribution < 1.29 is 23.7 Å². The summed E-state index contributed by atoms with van der Waals surface area (Å²) in [5.74, 6) is 3.11. The Morgan fingerprint density at radius 2 is 1.71 bits per heavy atom. The third kappa shape index (κ3) is 6.18. The van der Waals surface area contributed by atoms with Crippen molar-refractivity contribution in [2.75, 3.05) is 58.1 Å². The molecule has 3 aromatic rings. The van der Waals surface area contributed by atoms with Crippen LogP contribution in [0.15, 0.2) is 71.6 Å². The number of benzene rings is 3. The first-order valence-corrected chi connectivity index (χ1v) is 13.7. The molecule has 0 spiro atoms. The molecule has 38 heavy (non-hydrogen) atoms. The van der Waals surface area contributed by atoms with E-state index >= 15 is 0 Å². The van der Waals surface area contributed by atoms with E-state index in [-0.39, 0.29) is 18.0 Å². The molecule has 200 valence electrons. The maximum Gasteiger partial charge on any atom is 0.244 e. The molecule has 0 radical (unpaired) electrons. The number of hydrogen-bond donors (Lipinski definition) is 1. The summed E-state index contributed by atoms with van der Waals surface area (Å²) in [7, 11) is 1.84. The van der Waals surface area contributed by atoms with Crippen molar-refractivity contribution in [3.8, 4) is 23.0 Å². The topological polar surface area (TPSA) is 86.5 Å². The van der Waals surface area contributed by atoms with Gasteiger partial charge in [0.05, 0.1) is 12.3 Å². The van der Waals surface area contributed by atoms with E-state index in [1.807, 2.05) is 67.7 Å². The highest BCUT2D eigenvalue weighted by Crippen LogP contribution is 2.46. The number of carbonyl (C=O) groups is 1. The number of anilines is 1. The Labute approximate surface area is 227 Å². The van der Waals surface area contributed by atoms with Crippen molar-refractivity contribution in [2.45, 2.75) is 16.6 Å². The predicted molar refractivity (Wildman–Crippen MR) is 149 cm³/mol. The highest BCUT2D eigenvalue weighted by Gasteiger charge is 2.32. The standard InChI is InChI=1S/C29H33N3O5S/c1-31-24-5-2-3-6-27(24)38-28(29(31)33)21-7-9-22(10-8-21)34-17-4-14-32(15-13-30)16-18-35-23-11-12-25-26(19-23)37-20-36-25/h2-3,5-12,19,28H,4,13-18,20,30H2,1H3. The van der Waals surface area contributed by atoms with Gasteiger partial charge in [-0.2, -0.15) is 0 Å². The van der Waals surface area contributed by atoms with E-state index in [0.717, 1.165) is 59.4 Å². The third-order valence-electron chi connectivity index (χ3n) is 6.56. The van der Waals surface area contributed by atoms with Crippen molar-refractivity contribution in [3.05, 3.63) is 72.3 Å². The number of nitrogens with zero attached hydrogens (tertiary/aromatic N) is 2. The van der Waals surface area contributed by atoms with Crippen LogP contribution in [0.5, 0.6) is 23.0 Å². The van der Waals surface area contributed by atoms with Crippen molar-refractivity contribution in [1.29, 1.82) is 0 Å². The lowest BCUT2D eigenvalue weighted by atomic mass is 10.1. The average Bonchev–Trinajstić information content (AvgIpc) is 3.41. The number of nitrogens with two attached hydrogens (primary N) is 1. The van der Waals surface area contributed by atoms with Crippen LogP contribution in [0.2, 0.25) is 0 Å². The van der Waals surface area contributed by atoms with Crippen LogP contribution < -0.4 is 29.6 Å². The van der Waals surface area contributed by atoms with Crippen LogP contribution in [0.1, 0.15) is 17.2 Å². The summed E-state index contributed by atoms with van der Waals surface area (Å²) >= 11 is 1.60. The molecule has 3 aromatic carbocycles. The number of para-hydroxylation sites is 1. The molecule has 0 saturated carbocycles. The maximum absolute atomic E-state index is 12.9. The lowest BCUT2D eigenvalue weighted by molar-refractivity contribution is -0.118. The number of thioether (sulfide) groups is 1.